The van der Waals surface area contributed by atoms with Crippen LogP contribution in [0.25, 0.3) is 0 Å². The van der Waals surface area contributed by atoms with Crippen molar-refractivity contribution in [1.29, 1.82) is 0 Å². The largest absolute Gasteiger partial charge is 0.493 e. The summed E-state index contributed by atoms with van der Waals surface area (Å²) in [6.07, 6.45) is 1.37. The highest BCUT2D eigenvalue weighted by Crippen LogP contribution is 2.37. The van der Waals surface area contributed by atoms with E-state index in [0.717, 1.165) is 13.1 Å². The van der Waals surface area contributed by atoms with Crippen LogP contribution in [0.3, 0.4) is 0 Å². The maximum Gasteiger partial charge on any atom is 0.254 e. The summed E-state index contributed by atoms with van der Waals surface area (Å²) in [5.74, 6) is 0.971. The summed E-state index contributed by atoms with van der Waals surface area (Å²) in [6, 6.07) is 3.27. The summed E-state index contributed by atoms with van der Waals surface area (Å²) < 4.78 is 10.8. The van der Waals surface area contributed by atoms with E-state index in [1.54, 1.807) is 17.0 Å². The van der Waals surface area contributed by atoms with Crippen molar-refractivity contribution in [2.45, 2.75) is 33.6 Å². The quantitative estimate of drug-likeness (QED) is 0.708. The average Bonchev–Trinajstić information content (AvgIpc) is 2.69. The molecule has 0 atom stereocenters. The van der Waals surface area contributed by atoms with Crippen molar-refractivity contribution in [3.8, 4) is 11.5 Å². The highest BCUT2D eigenvalue weighted by Gasteiger charge is 2.30. The van der Waals surface area contributed by atoms with Crippen LogP contribution in [-0.4, -0.2) is 61.5 Å². The summed E-state index contributed by atoms with van der Waals surface area (Å²) >= 11 is 6.28. The third-order valence-electron chi connectivity index (χ3n) is 4.97. The molecule has 1 aliphatic rings. The Hall–Kier alpha value is -1.95. The molecule has 0 radical (unpaired) electrons. The molecule has 1 heterocycles. The van der Waals surface area contributed by atoms with Crippen LogP contribution in [0.15, 0.2) is 12.1 Å². The molecule has 1 fully saturated rings. The SMILES string of the molecule is CCOc1c(Cl)cc(C(=O)N2CCC(C(=O)N(CC)CC)CC2)cc1OC. The van der Waals surface area contributed by atoms with Gasteiger partial charge < -0.3 is 19.3 Å². The number of nitrogens with zero attached hydrogens (tertiary/aromatic N) is 2. The molecule has 27 heavy (non-hydrogen) atoms. The van der Waals surface area contributed by atoms with E-state index >= 15 is 0 Å². The van der Waals surface area contributed by atoms with E-state index in [4.69, 9.17) is 21.1 Å². The Labute approximate surface area is 166 Å². The van der Waals surface area contributed by atoms with Gasteiger partial charge in [-0.1, -0.05) is 11.6 Å². The summed E-state index contributed by atoms with van der Waals surface area (Å²) in [4.78, 5) is 29.0. The lowest BCUT2D eigenvalue weighted by Gasteiger charge is -2.34. The lowest BCUT2D eigenvalue weighted by Crippen LogP contribution is -2.44. The number of carbonyl (C=O) groups excluding carboxylic acids is 2. The molecule has 0 aromatic heterocycles. The van der Waals surface area contributed by atoms with E-state index in [2.05, 4.69) is 0 Å². The Morgan fingerprint density at radius 1 is 1.19 bits per heavy atom. The predicted molar refractivity (Wildman–Crippen MR) is 106 cm³/mol. The number of halogens is 1. The van der Waals surface area contributed by atoms with Crippen molar-refractivity contribution in [2.75, 3.05) is 39.9 Å². The van der Waals surface area contributed by atoms with Crippen LogP contribution in [0.5, 0.6) is 11.5 Å². The molecule has 150 valence electrons. The maximum absolute atomic E-state index is 12.9. The summed E-state index contributed by atoms with van der Waals surface area (Å²) in [6.45, 7) is 8.85. The predicted octanol–water partition coefficient (Wildman–Crippen LogP) is 3.47. The maximum atomic E-state index is 12.9. The molecule has 0 saturated carbocycles. The van der Waals surface area contributed by atoms with Gasteiger partial charge in [0.25, 0.3) is 5.91 Å². The number of benzene rings is 1. The number of methoxy groups -OCH3 is 1. The molecule has 0 spiro atoms. The topological polar surface area (TPSA) is 59.1 Å². The highest BCUT2D eigenvalue weighted by molar-refractivity contribution is 6.32. The number of hydrogen-bond acceptors (Lipinski definition) is 4. The van der Waals surface area contributed by atoms with E-state index in [9.17, 15) is 9.59 Å². The normalized spacial score (nSPS) is 14.8. The van der Waals surface area contributed by atoms with Gasteiger partial charge in [-0.3, -0.25) is 9.59 Å². The van der Waals surface area contributed by atoms with Crippen molar-refractivity contribution < 1.29 is 19.1 Å². The minimum Gasteiger partial charge on any atom is -0.493 e. The molecule has 7 heteroatoms. The molecule has 0 N–H and O–H groups in total. The Kier molecular flexibility index (Phi) is 7.78. The fourth-order valence-corrected chi connectivity index (χ4v) is 3.70. The van der Waals surface area contributed by atoms with Crippen LogP contribution in [0.4, 0.5) is 0 Å². The van der Waals surface area contributed by atoms with Crippen molar-refractivity contribution in [3.63, 3.8) is 0 Å². The standard InChI is InChI=1S/C20H29ClN2O4/c1-5-22(6-2)19(24)14-8-10-23(11-9-14)20(25)15-12-16(21)18(27-7-3)17(13-15)26-4/h12-14H,5-11H2,1-4H3. The van der Waals surface area contributed by atoms with E-state index < -0.39 is 0 Å². The van der Waals surface area contributed by atoms with Crippen molar-refractivity contribution in [3.05, 3.63) is 22.7 Å². The molecule has 6 nitrogen and oxygen atoms in total. The smallest absolute Gasteiger partial charge is 0.254 e. The van der Waals surface area contributed by atoms with Crippen LogP contribution in [0.1, 0.15) is 44.0 Å². The van der Waals surface area contributed by atoms with Crippen molar-refractivity contribution in [2.24, 2.45) is 5.92 Å². The molecule has 1 aliphatic heterocycles. The zero-order valence-electron chi connectivity index (χ0n) is 16.6. The minimum atomic E-state index is -0.105. The number of ether oxygens (including phenoxy) is 2. The molecular formula is C20H29ClN2O4. The lowest BCUT2D eigenvalue weighted by atomic mass is 9.94. The molecule has 1 aromatic carbocycles. The first-order valence-corrected chi connectivity index (χ1v) is 9.92. The second-order valence-electron chi connectivity index (χ2n) is 6.50. The summed E-state index contributed by atoms with van der Waals surface area (Å²) in [5, 5.41) is 0.353. The molecule has 1 aromatic rings. The van der Waals surface area contributed by atoms with E-state index in [-0.39, 0.29) is 17.7 Å². The molecule has 0 bridgehead atoms. The molecule has 2 amide bonds. The zero-order chi connectivity index (χ0) is 20.0. The monoisotopic (exact) mass is 396 g/mol. The summed E-state index contributed by atoms with van der Waals surface area (Å²) in [5.41, 5.74) is 0.467. The highest BCUT2D eigenvalue weighted by atomic mass is 35.5. The lowest BCUT2D eigenvalue weighted by molar-refractivity contribution is -0.136. The van der Waals surface area contributed by atoms with Gasteiger partial charge in [0.15, 0.2) is 11.5 Å². The van der Waals surface area contributed by atoms with E-state index in [1.165, 1.54) is 7.11 Å². The fraction of sp³-hybridized carbons (Fsp3) is 0.600. The first-order chi connectivity index (χ1) is 13.0. The van der Waals surface area contributed by atoms with Crippen LogP contribution < -0.4 is 9.47 Å². The Morgan fingerprint density at radius 2 is 1.81 bits per heavy atom. The van der Waals surface area contributed by atoms with E-state index in [1.807, 2.05) is 25.7 Å². The number of likely N-dealkylation sites (tertiary alicyclic amines) is 1. The number of hydrogen-bond donors (Lipinski definition) is 0. The van der Waals surface area contributed by atoms with Crippen LogP contribution >= 0.6 is 11.6 Å². The van der Waals surface area contributed by atoms with Crippen LogP contribution in [0, 0.1) is 5.92 Å². The van der Waals surface area contributed by atoms with Gasteiger partial charge in [0.2, 0.25) is 5.91 Å². The van der Waals surface area contributed by atoms with Crippen molar-refractivity contribution >= 4 is 23.4 Å². The zero-order valence-corrected chi connectivity index (χ0v) is 17.3. The van der Waals surface area contributed by atoms with Gasteiger partial charge in [0.05, 0.1) is 18.7 Å². The second-order valence-corrected chi connectivity index (χ2v) is 6.91. The van der Waals surface area contributed by atoms with Crippen LogP contribution in [-0.2, 0) is 4.79 Å². The average molecular weight is 397 g/mol. The number of amides is 2. The van der Waals surface area contributed by atoms with Gasteiger partial charge in [-0.25, -0.2) is 0 Å². The number of piperidine rings is 1. The number of rotatable bonds is 7. The first kappa shape index (κ1) is 21.4. The molecule has 2 rings (SSSR count). The molecule has 0 unspecified atom stereocenters. The Bertz CT molecular complexity index is 668. The fourth-order valence-electron chi connectivity index (χ4n) is 3.43. The minimum absolute atomic E-state index is 0.00703. The Morgan fingerprint density at radius 3 is 2.33 bits per heavy atom. The van der Waals surface area contributed by atoms with Gasteiger partial charge in [-0.15, -0.1) is 0 Å². The van der Waals surface area contributed by atoms with Crippen molar-refractivity contribution in [1.82, 2.24) is 9.80 Å². The Balaban J connectivity index is 2.07. The molecule has 1 saturated heterocycles. The second kappa shape index (κ2) is 9.83. The third-order valence-corrected chi connectivity index (χ3v) is 5.25. The van der Waals surface area contributed by atoms with Gasteiger partial charge in [0.1, 0.15) is 0 Å². The number of carbonyl (C=O) groups is 2. The van der Waals surface area contributed by atoms with Gasteiger partial charge in [-0.2, -0.15) is 0 Å². The van der Waals surface area contributed by atoms with Gasteiger partial charge >= 0.3 is 0 Å². The third kappa shape index (κ3) is 4.86. The van der Waals surface area contributed by atoms with Gasteiger partial charge in [0, 0.05) is 37.7 Å². The first-order valence-electron chi connectivity index (χ1n) is 9.55. The van der Waals surface area contributed by atoms with Gasteiger partial charge in [-0.05, 0) is 45.7 Å². The summed E-state index contributed by atoms with van der Waals surface area (Å²) in [7, 11) is 1.52. The molecular weight excluding hydrogens is 368 g/mol. The molecule has 0 aliphatic carbocycles. The van der Waals surface area contributed by atoms with Crippen LogP contribution in [0.2, 0.25) is 5.02 Å². The van der Waals surface area contributed by atoms with E-state index in [0.29, 0.717) is 54.6 Å².